The molecule has 19 heavy (non-hydrogen) atoms. The fraction of sp³-hybridized carbons (Fsp3) is 0.533. The van der Waals surface area contributed by atoms with E-state index in [4.69, 9.17) is 4.74 Å². The third kappa shape index (κ3) is 6.70. The molecule has 0 amide bonds. The van der Waals surface area contributed by atoms with E-state index in [0.717, 1.165) is 24.7 Å². The highest BCUT2D eigenvalue weighted by atomic mass is 16.5. The van der Waals surface area contributed by atoms with Gasteiger partial charge in [0.15, 0.2) is 5.96 Å². The molecule has 0 bridgehead atoms. The highest BCUT2D eigenvalue weighted by Crippen LogP contribution is 2.11. The molecule has 2 N–H and O–H groups in total. The minimum atomic E-state index is 0.384. The van der Waals surface area contributed by atoms with Gasteiger partial charge in [-0.2, -0.15) is 0 Å². The quantitative estimate of drug-likeness (QED) is 0.470. The maximum absolute atomic E-state index is 5.66. The standard InChI is InChI=1S/C15H25N3O/c1-12(2)18-15(16-4)17-10-5-11-19-14-8-6-13(3)7-9-14/h6-9,12H,5,10-11H2,1-4H3,(H2,16,17,18). The molecule has 0 fully saturated rings. The van der Waals surface area contributed by atoms with Crippen LogP contribution in [0.1, 0.15) is 25.8 Å². The van der Waals surface area contributed by atoms with Gasteiger partial charge in [0.1, 0.15) is 5.75 Å². The topological polar surface area (TPSA) is 45.7 Å². The van der Waals surface area contributed by atoms with E-state index in [2.05, 4.69) is 48.5 Å². The SMILES string of the molecule is CN=C(NCCCOc1ccc(C)cc1)NC(C)C. The zero-order chi connectivity index (χ0) is 14.1. The molecule has 0 unspecified atom stereocenters. The summed E-state index contributed by atoms with van der Waals surface area (Å²) in [7, 11) is 1.78. The van der Waals surface area contributed by atoms with Crippen LogP contribution in [0.4, 0.5) is 0 Å². The first-order valence-corrected chi connectivity index (χ1v) is 6.78. The fourth-order valence-corrected chi connectivity index (χ4v) is 1.57. The smallest absolute Gasteiger partial charge is 0.191 e. The highest BCUT2D eigenvalue weighted by Gasteiger charge is 1.99. The van der Waals surface area contributed by atoms with Crippen LogP contribution in [0.25, 0.3) is 0 Å². The first-order valence-electron chi connectivity index (χ1n) is 6.78. The van der Waals surface area contributed by atoms with Crippen LogP contribution in [0.15, 0.2) is 29.3 Å². The number of aryl methyl sites for hydroxylation is 1. The lowest BCUT2D eigenvalue weighted by atomic mass is 10.2. The van der Waals surface area contributed by atoms with Crippen LogP contribution in [-0.4, -0.2) is 32.2 Å². The maximum Gasteiger partial charge on any atom is 0.191 e. The predicted molar refractivity (Wildman–Crippen MR) is 80.9 cm³/mol. The van der Waals surface area contributed by atoms with Crippen molar-refractivity contribution in [3.8, 4) is 5.75 Å². The molecule has 0 heterocycles. The van der Waals surface area contributed by atoms with E-state index in [1.807, 2.05) is 12.1 Å². The van der Waals surface area contributed by atoms with Crippen LogP contribution in [0.3, 0.4) is 0 Å². The molecular weight excluding hydrogens is 238 g/mol. The molecule has 0 aromatic heterocycles. The number of benzene rings is 1. The van der Waals surface area contributed by atoms with Crippen molar-refractivity contribution in [1.29, 1.82) is 0 Å². The second-order valence-electron chi connectivity index (χ2n) is 4.81. The summed E-state index contributed by atoms with van der Waals surface area (Å²) in [5.41, 5.74) is 1.25. The van der Waals surface area contributed by atoms with Crippen molar-refractivity contribution in [2.75, 3.05) is 20.2 Å². The fourth-order valence-electron chi connectivity index (χ4n) is 1.57. The van der Waals surface area contributed by atoms with Crippen LogP contribution in [0.2, 0.25) is 0 Å². The van der Waals surface area contributed by atoms with Crippen molar-refractivity contribution in [3.05, 3.63) is 29.8 Å². The van der Waals surface area contributed by atoms with Crippen molar-refractivity contribution < 1.29 is 4.74 Å². The Bertz CT molecular complexity index is 385. The summed E-state index contributed by atoms with van der Waals surface area (Å²) in [4.78, 5) is 4.15. The minimum absolute atomic E-state index is 0.384. The molecule has 4 nitrogen and oxygen atoms in total. The van der Waals surface area contributed by atoms with E-state index in [9.17, 15) is 0 Å². The summed E-state index contributed by atoms with van der Waals surface area (Å²) in [6.07, 6.45) is 0.937. The number of ether oxygens (including phenoxy) is 1. The zero-order valence-electron chi connectivity index (χ0n) is 12.4. The van der Waals surface area contributed by atoms with Crippen LogP contribution in [0, 0.1) is 6.92 Å². The Morgan fingerprint density at radius 2 is 1.95 bits per heavy atom. The summed E-state index contributed by atoms with van der Waals surface area (Å²) in [5, 5.41) is 6.50. The minimum Gasteiger partial charge on any atom is -0.494 e. The first kappa shape index (κ1) is 15.3. The number of nitrogens with one attached hydrogen (secondary N) is 2. The second-order valence-corrected chi connectivity index (χ2v) is 4.81. The molecule has 0 saturated carbocycles. The van der Waals surface area contributed by atoms with Gasteiger partial charge in [-0.05, 0) is 39.3 Å². The van der Waals surface area contributed by atoms with Crippen molar-refractivity contribution in [1.82, 2.24) is 10.6 Å². The summed E-state index contributed by atoms with van der Waals surface area (Å²) < 4.78 is 5.66. The monoisotopic (exact) mass is 263 g/mol. The number of nitrogens with zero attached hydrogens (tertiary/aromatic N) is 1. The molecule has 0 saturated heterocycles. The van der Waals surface area contributed by atoms with E-state index >= 15 is 0 Å². The van der Waals surface area contributed by atoms with Gasteiger partial charge in [0.2, 0.25) is 0 Å². The van der Waals surface area contributed by atoms with Gasteiger partial charge < -0.3 is 15.4 Å². The maximum atomic E-state index is 5.66. The first-order chi connectivity index (χ1) is 9.11. The average Bonchev–Trinajstić information content (AvgIpc) is 2.38. The second kappa shape index (κ2) is 8.40. The lowest BCUT2D eigenvalue weighted by Crippen LogP contribution is -2.41. The molecule has 1 aromatic rings. The van der Waals surface area contributed by atoms with E-state index in [-0.39, 0.29) is 0 Å². The van der Waals surface area contributed by atoms with Gasteiger partial charge in [-0.3, -0.25) is 4.99 Å². The third-order valence-corrected chi connectivity index (χ3v) is 2.55. The van der Waals surface area contributed by atoms with Crippen molar-refractivity contribution in [2.45, 2.75) is 33.2 Å². The Labute approximate surface area is 116 Å². The Hall–Kier alpha value is -1.71. The van der Waals surface area contributed by atoms with Crippen LogP contribution in [-0.2, 0) is 0 Å². The van der Waals surface area contributed by atoms with Gasteiger partial charge in [-0.15, -0.1) is 0 Å². The van der Waals surface area contributed by atoms with Crippen LogP contribution >= 0.6 is 0 Å². The number of aliphatic imine (C=N–C) groups is 1. The molecule has 4 heteroatoms. The largest absolute Gasteiger partial charge is 0.494 e. The normalized spacial score (nSPS) is 11.5. The predicted octanol–water partition coefficient (Wildman–Crippen LogP) is 2.34. The summed E-state index contributed by atoms with van der Waals surface area (Å²) in [6.45, 7) is 7.80. The summed E-state index contributed by atoms with van der Waals surface area (Å²) in [5.74, 6) is 1.76. The molecule has 106 valence electrons. The van der Waals surface area contributed by atoms with E-state index in [1.165, 1.54) is 5.56 Å². The summed E-state index contributed by atoms with van der Waals surface area (Å²) >= 11 is 0. The van der Waals surface area contributed by atoms with Gasteiger partial charge in [0.05, 0.1) is 6.61 Å². The summed E-state index contributed by atoms with van der Waals surface area (Å²) in [6, 6.07) is 8.50. The van der Waals surface area contributed by atoms with Crippen LogP contribution < -0.4 is 15.4 Å². The molecule has 1 rings (SSSR count). The molecule has 0 radical (unpaired) electrons. The van der Waals surface area contributed by atoms with Gasteiger partial charge in [0.25, 0.3) is 0 Å². The van der Waals surface area contributed by atoms with E-state index in [0.29, 0.717) is 12.6 Å². The number of hydrogen-bond donors (Lipinski definition) is 2. The van der Waals surface area contributed by atoms with Crippen molar-refractivity contribution in [2.24, 2.45) is 4.99 Å². The number of rotatable bonds is 6. The Balaban J connectivity index is 2.15. The molecule has 0 aliphatic carbocycles. The zero-order valence-corrected chi connectivity index (χ0v) is 12.4. The number of hydrogen-bond acceptors (Lipinski definition) is 2. The Morgan fingerprint density at radius 3 is 2.53 bits per heavy atom. The molecular formula is C15H25N3O. The Morgan fingerprint density at radius 1 is 1.26 bits per heavy atom. The van der Waals surface area contributed by atoms with Crippen molar-refractivity contribution >= 4 is 5.96 Å². The van der Waals surface area contributed by atoms with E-state index < -0.39 is 0 Å². The van der Waals surface area contributed by atoms with Crippen LogP contribution in [0.5, 0.6) is 5.75 Å². The van der Waals surface area contributed by atoms with Gasteiger partial charge in [-0.25, -0.2) is 0 Å². The van der Waals surface area contributed by atoms with E-state index in [1.54, 1.807) is 7.05 Å². The molecule has 0 aliphatic rings. The van der Waals surface area contributed by atoms with Gasteiger partial charge in [0, 0.05) is 19.6 Å². The highest BCUT2D eigenvalue weighted by molar-refractivity contribution is 5.79. The number of guanidine groups is 1. The molecule has 0 atom stereocenters. The molecule has 0 aliphatic heterocycles. The van der Waals surface area contributed by atoms with Gasteiger partial charge in [-0.1, -0.05) is 17.7 Å². The Kier molecular flexibility index (Phi) is 6.79. The average molecular weight is 263 g/mol. The molecule has 0 spiro atoms. The van der Waals surface area contributed by atoms with Crippen molar-refractivity contribution in [3.63, 3.8) is 0 Å². The molecule has 1 aromatic carbocycles. The third-order valence-electron chi connectivity index (χ3n) is 2.55. The lowest BCUT2D eigenvalue weighted by molar-refractivity contribution is 0.311. The lowest BCUT2D eigenvalue weighted by Gasteiger charge is -2.14. The van der Waals surface area contributed by atoms with Gasteiger partial charge >= 0.3 is 0 Å².